The predicted octanol–water partition coefficient (Wildman–Crippen LogP) is 2.73. The number of allylic oxidation sites excluding steroid dienone is 2. The van der Waals surface area contributed by atoms with Crippen molar-refractivity contribution >= 4 is 11.6 Å². The average molecular weight is 226 g/mol. The Kier molecular flexibility index (Phi) is 3.10. The third kappa shape index (κ3) is 2.40. The second-order valence-electron chi connectivity index (χ2n) is 4.27. The van der Waals surface area contributed by atoms with Crippen molar-refractivity contribution in [3.05, 3.63) is 23.8 Å². The maximum absolute atomic E-state index is 6.03. The van der Waals surface area contributed by atoms with Crippen LogP contribution in [-0.4, -0.2) is 20.1 Å². The van der Waals surface area contributed by atoms with Crippen LogP contribution < -0.4 is 0 Å². The molecule has 0 N–H and O–H groups in total. The van der Waals surface area contributed by atoms with Gasteiger partial charge < -0.3 is 0 Å². The van der Waals surface area contributed by atoms with E-state index in [-0.39, 0.29) is 5.38 Å². The van der Waals surface area contributed by atoms with E-state index in [1.54, 1.807) is 6.33 Å². The molecule has 0 saturated carbocycles. The standard InChI is InChI=1S/C11H16ClN3/c1-8(2)15-11(13-7-14-15)6-9-3-4-10(12)5-9/h5,7-8,10H,3-4,6H2,1-2H3. The second kappa shape index (κ2) is 4.35. The number of hydrogen-bond acceptors (Lipinski definition) is 2. The Balaban J connectivity index is 2.11. The van der Waals surface area contributed by atoms with Gasteiger partial charge in [-0.3, -0.25) is 0 Å². The van der Waals surface area contributed by atoms with Crippen LogP contribution in [0.25, 0.3) is 0 Å². The second-order valence-corrected chi connectivity index (χ2v) is 4.83. The molecule has 1 atom stereocenters. The van der Waals surface area contributed by atoms with Crippen LogP contribution in [0.4, 0.5) is 0 Å². The summed E-state index contributed by atoms with van der Waals surface area (Å²) in [4.78, 5) is 4.29. The summed E-state index contributed by atoms with van der Waals surface area (Å²) in [6, 6.07) is 0.372. The Bertz CT molecular complexity index is 368. The third-order valence-corrected chi connectivity index (χ3v) is 3.02. The van der Waals surface area contributed by atoms with Crippen molar-refractivity contribution in [2.75, 3.05) is 0 Å². The normalized spacial score (nSPS) is 21.1. The third-order valence-electron chi connectivity index (χ3n) is 2.68. The maximum atomic E-state index is 6.03. The summed E-state index contributed by atoms with van der Waals surface area (Å²) < 4.78 is 1.97. The van der Waals surface area contributed by atoms with E-state index in [2.05, 4.69) is 30.0 Å². The van der Waals surface area contributed by atoms with Crippen molar-refractivity contribution in [1.82, 2.24) is 14.8 Å². The molecule has 0 radical (unpaired) electrons. The van der Waals surface area contributed by atoms with Gasteiger partial charge in [-0.1, -0.05) is 11.6 Å². The minimum Gasteiger partial charge on any atom is -0.247 e. The van der Waals surface area contributed by atoms with Gasteiger partial charge in [0.05, 0.1) is 5.38 Å². The monoisotopic (exact) mass is 225 g/mol. The van der Waals surface area contributed by atoms with E-state index >= 15 is 0 Å². The lowest BCUT2D eigenvalue weighted by Crippen LogP contribution is -2.08. The number of nitrogens with zero attached hydrogens (tertiary/aromatic N) is 3. The van der Waals surface area contributed by atoms with E-state index in [1.165, 1.54) is 5.57 Å². The van der Waals surface area contributed by atoms with Crippen molar-refractivity contribution in [1.29, 1.82) is 0 Å². The Labute approximate surface area is 95.2 Å². The molecule has 1 unspecified atom stereocenters. The summed E-state index contributed by atoms with van der Waals surface area (Å²) in [6.07, 6.45) is 6.83. The number of aromatic nitrogens is 3. The Morgan fingerprint density at radius 2 is 2.40 bits per heavy atom. The highest BCUT2D eigenvalue weighted by molar-refractivity contribution is 6.22. The Morgan fingerprint density at radius 3 is 3.00 bits per heavy atom. The lowest BCUT2D eigenvalue weighted by Gasteiger charge is -2.09. The molecule has 0 amide bonds. The summed E-state index contributed by atoms with van der Waals surface area (Å²) in [5, 5.41) is 4.44. The van der Waals surface area contributed by atoms with Crippen LogP contribution in [0.3, 0.4) is 0 Å². The topological polar surface area (TPSA) is 30.7 Å². The zero-order chi connectivity index (χ0) is 10.8. The highest BCUT2D eigenvalue weighted by Crippen LogP contribution is 2.25. The number of halogens is 1. The summed E-state index contributed by atoms with van der Waals surface area (Å²) >= 11 is 6.03. The lowest BCUT2D eigenvalue weighted by molar-refractivity contribution is 0.509. The molecule has 4 heteroatoms. The van der Waals surface area contributed by atoms with E-state index < -0.39 is 0 Å². The first-order valence-corrected chi connectivity index (χ1v) is 5.82. The van der Waals surface area contributed by atoms with Gasteiger partial charge in [-0.2, -0.15) is 5.10 Å². The molecule has 1 aliphatic carbocycles. The summed E-state index contributed by atoms with van der Waals surface area (Å²) in [5.74, 6) is 1.04. The van der Waals surface area contributed by atoms with Crippen molar-refractivity contribution in [3.63, 3.8) is 0 Å². The molecule has 0 bridgehead atoms. The molecule has 0 saturated heterocycles. The van der Waals surface area contributed by atoms with E-state index in [0.29, 0.717) is 6.04 Å². The molecule has 0 aliphatic heterocycles. The molecule has 82 valence electrons. The van der Waals surface area contributed by atoms with Gasteiger partial charge in [0.15, 0.2) is 0 Å². The fourth-order valence-corrected chi connectivity index (χ4v) is 2.22. The van der Waals surface area contributed by atoms with Crippen LogP contribution in [0.1, 0.15) is 38.6 Å². The molecule has 15 heavy (non-hydrogen) atoms. The van der Waals surface area contributed by atoms with E-state index in [9.17, 15) is 0 Å². The molecule has 0 spiro atoms. The molecule has 3 nitrogen and oxygen atoms in total. The SMILES string of the molecule is CC(C)n1ncnc1CC1=CC(Cl)CC1. The van der Waals surface area contributed by atoms with Gasteiger partial charge >= 0.3 is 0 Å². The first-order valence-electron chi connectivity index (χ1n) is 5.39. The van der Waals surface area contributed by atoms with Gasteiger partial charge in [0.1, 0.15) is 12.2 Å². The number of rotatable bonds is 3. The maximum Gasteiger partial charge on any atom is 0.138 e. The summed E-state index contributed by atoms with van der Waals surface area (Å²) in [6.45, 7) is 4.23. The van der Waals surface area contributed by atoms with Gasteiger partial charge in [0.2, 0.25) is 0 Å². The fraction of sp³-hybridized carbons (Fsp3) is 0.636. The van der Waals surface area contributed by atoms with Crippen LogP contribution in [-0.2, 0) is 6.42 Å². The number of alkyl halides is 1. The van der Waals surface area contributed by atoms with E-state index in [4.69, 9.17) is 11.6 Å². The molecular weight excluding hydrogens is 210 g/mol. The van der Waals surface area contributed by atoms with Crippen LogP contribution in [0.5, 0.6) is 0 Å². The molecule has 0 fully saturated rings. The highest BCUT2D eigenvalue weighted by atomic mass is 35.5. The summed E-state index contributed by atoms with van der Waals surface area (Å²) in [7, 11) is 0. The Morgan fingerprint density at radius 1 is 1.60 bits per heavy atom. The van der Waals surface area contributed by atoms with Crippen molar-refractivity contribution in [2.24, 2.45) is 0 Å². The highest BCUT2D eigenvalue weighted by Gasteiger charge is 2.16. The summed E-state index contributed by atoms with van der Waals surface area (Å²) in [5.41, 5.74) is 1.39. The fourth-order valence-electron chi connectivity index (χ4n) is 1.93. The van der Waals surface area contributed by atoms with Crippen LogP contribution in [0, 0.1) is 0 Å². The smallest absolute Gasteiger partial charge is 0.138 e. The Hall–Kier alpha value is -0.830. The molecule has 1 heterocycles. The van der Waals surface area contributed by atoms with Gasteiger partial charge in [-0.15, -0.1) is 11.6 Å². The van der Waals surface area contributed by atoms with Gasteiger partial charge in [0.25, 0.3) is 0 Å². The van der Waals surface area contributed by atoms with Crippen LogP contribution in [0.2, 0.25) is 0 Å². The minimum atomic E-state index is 0.218. The average Bonchev–Trinajstić information content (AvgIpc) is 2.75. The zero-order valence-corrected chi connectivity index (χ0v) is 9.91. The first-order chi connectivity index (χ1) is 7.16. The van der Waals surface area contributed by atoms with Gasteiger partial charge in [-0.25, -0.2) is 9.67 Å². The van der Waals surface area contributed by atoms with E-state index in [0.717, 1.165) is 25.1 Å². The molecular formula is C11H16ClN3. The molecule has 1 aliphatic rings. The first kappa shape index (κ1) is 10.7. The lowest BCUT2D eigenvalue weighted by atomic mass is 10.1. The van der Waals surface area contributed by atoms with Crippen LogP contribution >= 0.6 is 11.6 Å². The quantitative estimate of drug-likeness (QED) is 0.585. The minimum absolute atomic E-state index is 0.218. The van der Waals surface area contributed by atoms with E-state index in [1.807, 2.05) is 4.68 Å². The van der Waals surface area contributed by atoms with Gasteiger partial charge in [-0.05, 0) is 26.7 Å². The van der Waals surface area contributed by atoms with Gasteiger partial charge in [0, 0.05) is 12.5 Å². The zero-order valence-electron chi connectivity index (χ0n) is 9.15. The number of hydrogen-bond donors (Lipinski definition) is 0. The van der Waals surface area contributed by atoms with Crippen molar-refractivity contribution in [3.8, 4) is 0 Å². The largest absolute Gasteiger partial charge is 0.247 e. The van der Waals surface area contributed by atoms with Crippen LogP contribution in [0.15, 0.2) is 18.0 Å². The molecule has 2 rings (SSSR count). The van der Waals surface area contributed by atoms with Crippen molar-refractivity contribution in [2.45, 2.75) is 44.5 Å². The van der Waals surface area contributed by atoms with Crippen molar-refractivity contribution < 1.29 is 0 Å². The predicted molar refractivity (Wildman–Crippen MR) is 61.1 cm³/mol. The molecule has 1 aromatic heterocycles. The molecule has 1 aromatic rings. The molecule has 0 aromatic carbocycles.